The number of carbonyl (C=O) groups is 1. The van der Waals surface area contributed by atoms with Crippen molar-refractivity contribution in [2.75, 3.05) is 11.4 Å². The van der Waals surface area contributed by atoms with E-state index in [1.165, 1.54) is 11.4 Å². The molecule has 0 bridgehead atoms. The van der Waals surface area contributed by atoms with Crippen molar-refractivity contribution in [3.8, 4) is 5.75 Å². The summed E-state index contributed by atoms with van der Waals surface area (Å²) in [6, 6.07) is 20.1. The lowest BCUT2D eigenvalue weighted by Crippen LogP contribution is -2.26. The van der Waals surface area contributed by atoms with Crippen LogP contribution in [0, 0.1) is 13.8 Å². The fourth-order valence-corrected chi connectivity index (χ4v) is 3.92. The second-order valence-electron chi connectivity index (χ2n) is 6.47. The topological polar surface area (TPSA) is 63.7 Å². The minimum absolute atomic E-state index is 0.234. The third-order valence-corrected chi connectivity index (χ3v) is 6.34. The number of hydrogen-bond donors (Lipinski definition) is 0. The molecule has 28 heavy (non-hydrogen) atoms. The van der Waals surface area contributed by atoms with Gasteiger partial charge in [0, 0.05) is 7.05 Å². The highest BCUT2D eigenvalue weighted by atomic mass is 32.2. The molecule has 3 aromatic carbocycles. The number of benzene rings is 3. The molecule has 0 unspecified atom stereocenters. The average molecular weight is 395 g/mol. The summed E-state index contributed by atoms with van der Waals surface area (Å²) in [5.41, 5.74) is 2.86. The van der Waals surface area contributed by atoms with Crippen LogP contribution < -0.4 is 9.04 Å². The molecular weight excluding hydrogens is 374 g/mol. The van der Waals surface area contributed by atoms with E-state index in [9.17, 15) is 13.2 Å². The van der Waals surface area contributed by atoms with Crippen molar-refractivity contribution in [3.63, 3.8) is 0 Å². The number of ether oxygens (including phenoxy) is 1. The number of hydrogen-bond acceptors (Lipinski definition) is 4. The minimum Gasteiger partial charge on any atom is -0.423 e. The van der Waals surface area contributed by atoms with Crippen molar-refractivity contribution in [1.82, 2.24) is 0 Å². The van der Waals surface area contributed by atoms with Crippen LogP contribution in [0.5, 0.6) is 5.75 Å². The first-order chi connectivity index (χ1) is 13.3. The molecule has 0 heterocycles. The molecule has 3 aromatic rings. The van der Waals surface area contributed by atoms with Gasteiger partial charge in [-0.1, -0.05) is 24.3 Å². The molecule has 0 atom stereocenters. The first kappa shape index (κ1) is 19.6. The molecule has 6 heteroatoms. The molecule has 0 aliphatic carbocycles. The van der Waals surface area contributed by atoms with Gasteiger partial charge in [0.25, 0.3) is 10.0 Å². The maximum atomic E-state index is 12.9. The summed E-state index contributed by atoms with van der Waals surface area (Å²) in [7, 11) is -2.19. The summed E-state index contributed by atoms with van der Waals surface area (Å²) in [6.45, 7) is 3.81. The predicted molar refractivity (Wildman–Crippen MR) is 109 cm³/mol. The van der Waals surface area contributed by atoms with Crippen LogP contribution in [0.15, 0.2) is 77.7 Å². The number of carbonyl (C=O) groups excluding carboxylic acids is 1. The highest BCUT2D eigenvalue weighted by Gasteiger charge is 2.22. The molecule has 0 amide bonds. The average Bonchev–Trinajstić information content (AvgIpc) is 2.70. The lowest BCUT2D eigenvalue weighted by atomic mass is 10.1. The lowest BCUT2D eigenvalue weighted by molar-refractivity contribution is 0.0734. The van der Waals surface area contributed by atoms with Gasteiger partial charge >= 0.3 is 5.97 Å². The van der Waals surface area contributed by atoms with Gasteiger partial charge in [0.2, 0.25) is 0 Å². The Balaban J connectivity index is 1.78. The van der Waals surface area contributed by atoms with Gasteiger partial charge in [-0.2, -0.15) is 0 Å². The second-order valence-corrected chi connectivity index (χ2v) is 8.44. The molecule has 0 aromatic heterocycles. The fourth-order valence-electron chi connectivity index (χ4n) is 2.64. The number of nitrogens with zero attached hydrogens (tertiary/aromatic N) is 1. The van der Waals surface area contributed by atoms with Crippen LogP contribution in [0.1, 0.15) is 21.5 Å². The molecule has 3 rings (SSSR count). The minimum atomic E-state index is -3.68. The zero-order valence-corrected chi connectivity index (χ0v) is 16.7. The summed E-state index contributed by atoms with van der Waals surface area (Å²) >= 11 is 0. The SMILES string of the molecule is Cc1ccc(S(=O)(=O)N(C)c2ccc(OC(=O)c3ccccc3)cc2)cc1C. The van der Waals surface area contributed by atoms with Crippen LogP contribution in [0.2, 0.25) is 0 Å². The monoisotopic (exact) mass is 395 g/mol. The molecule has 144 valence electrons. The molecule has 0 spiro atoms. The molecule has 0 saturated carbocycles. The zero-order valence-electron chi connectivity index (χ0n) is 15.9. The van der Waals surface area contributed by atoms with Crippen LogP contribution in [-0.4, -0.2) is 21.4 Å². The summed E-state index contributed by atoms with van der Waals surface area (Å²) < 4.78 is 32.3. The van der Waals surface area contributed by atoms with Gasteiger partial charge in [-0.3, -0.25) is 4.31 Å². The summed E-state index contributed by atoms with van der Waals surface area (Å²) in [5.74, 6) is -0.126. The van der Waals surface area contributed by atoms with Crippen LogP contribution in [0.4, 0.5) is 5.69 Å². The Bertz CT molecular complexity index is 1090. The number of esters is 1. The largest absolute Gasteiger partial charge is 0.423 e. The van der Waals surface area contributed by atoms with Crippen LogP contribution in [0.3, 0.4) is 0 Å². The van der Waals surface area contributed by atoms with Crippen molar-refractivity contribution < 1.29 is 17.9 Å². The van der Waals surface area contributed by atoms with E-state index in [2.05, 4.69) is 0 Å². The van der Waals surface area contributed by atoms with Crippen molar-refractivity contribution >= 4 is 21.7 Å². The van der Waals surface area contributed by atoms with E-state index in [0.717, 1.165) is 11.1 Å². The normalized spacial score (nSPS) is 11.1. The summed E-state index contributed by atoms with van der Waals surface area (Å²) in [4.78, 5) is 12.3. The van der Waals surface area contributed by atoms with Crippen molar-refractivity contribution in [2.45, 2.75) is 18.7 Å². The van der Waals surface area contributed by atoms with E-state index in [0.29, 0.717) is 17.0 Å². The lowest BCUT2D eigenvalue weighted by Gasteiger charge is -2.20. The van der Waals surface area contributed by atoms with Crippen molar-refractivity contribution in [1.29, 1.82) is 0 Å². The van der Waals surface area contributed by atoms with Gasteiger partial charge in [-0.25, -0.2) is 13.2 Å². The van der Waals surface area contributed by atoms with Crippen molar-refractivity contribution in [2.24, 2.45) is 0 Å². The Morgan fingerprint density at radius 1 is 0.857 bits per heavy atom. The highest BCUT2D eigenvalue weighted by molar-refractivity contribution is 7.92. The van der Waals surface area contributed by atoms with Crippen molar-refractivity contribution in [3.05, 3.63) is 89.5 Å². The fraction of sp³-hybridized carbons (Fsp3) is 0.136. The Morgan fingerprint density at radius 3 is 2.11 bits per heavy atom. The molecular formula is C22H21NO4S. The Morgan fingerprint density at radius 2 is 1.50 bits per heavy atom. The molecule has 0 saturated heterocycles. The van der Waals surface area contributed by atoms with E-state index in [1.807, 2.05) is 19.9 Å². The number of aryl methyl sites for hydroxylation is 2. The third-order valence-electron chi connectivity index (χ3n) is 4.56. The number of anilines is 1. The van der Waals surface area contributed by atoms with E-state index in [4.69, 9.17) is 4.74 Å². The standard InChI is InChI=1S/C22H21NO4S/c1-16-9-14-21(15-17(16)2)28(25,26)23(3)19-10-12-20(13-11-19)27-22(24)18-7-5-4-6-8-18/h4-15H,1-3H3. The van der Waals surface area contributed by atoms with Gasteiger partial charge in [-0.15, -0.1) is 0 Å². The molecule has 5 nitrogen and oxygen atoms in total. The maximum Gasteiger partial charge on any atom is 0.343 e. The van der Waals surface area contributed by atoms with Crippen LogP contribution in [0.25, 0.3) is 0 Å². The van der Waals surface area contributed by atoms with Gasteiger partial charge in [-0.05, 0) is 73.5 Å². The molecule has 0 aliphatic rings. The van der Waals surface area contributed by atoms with Gasteiger partial charge in [0.1, 0.15) is 5.75 Å². The van der Waals surface area contributed by atoms with E-state index in [-0.39, 0.29) is 4.90 Å². The number of sulfonamides is 1. The Kier molecular flexibility index (Phi) is 5.51. The van der Waals surface area contributed by atoms with Crippen LogP contribution >= 0.6 is 0 Å². The molecule has 0 N–H and O–H groups in total. The van der Waals surface area contributed by atoms with Crippen LogP contribution in [-0.2, 0) is 10.0 Å². The van der Waals surface area contributed by atoms with Gasteiger partial charge in [0.05, 0.1) is 16.1 Å². The van der Waals surface area contributed by atoms with Gasteiger partial charge < -0.3 is 4.74 Å². The summed E-state index contributed by atoms with van der Waals surface area (Å²) in [6.07, 6.45) is 0. The smallest absolute Gasteiger partial charge is 0.343 e. The van der Waals surface area contributed by atoms with E-state index in [1.54, 1.807) is 66.7 Å². The molecule has 0 aliphatic heterocycles. The maximum absolute atomic E-state index is 12.9. The third kappa shape index (κ3) is 4.07. The predicted octanol–water partition coefficient (Wildman–Crippen LogP) is 4.35. The van der Waals surface area contributed by atoms with E-state index < -0.39 is 16.0 Å². The quantitative estimate of drug-likeness (QED) is 0.476. The zero-order chi connectivity index (χ0) is 20.3. The highest BCUT2D eigenvalue weighted by Crippen LogP contribution is 2.25. The Labute approximate surface area is 165 Å². The van der Waals surface area contributed by atoms with Gasteiger partial charge in [0.15, 0.2) is 0 Å². The summed E-state index contributed by atoms with van der Waals surface area (Å²) in [5, 5.41) is 0. The molecule has 0 fully saturated rings. The second kappa shape index (κ2) is 7.86. The first-order valence-corrected chi connectivity index (χ1v) is 10.2. The van der Waals surface area contributed by atoms with E-state index >= 15 is 0 Å². The first-order valence-electron chi connectivity index (χ1n) is 8.72. The number of rotatable bonds is 5. The molecule has 0 radical (unpaired) electrons. The Hall–Kier alpha value is -3.12.